The first kappa shape index (κ1) is 22.2. The smallest absolute Gasteiger partial charge is 0.410 e. The fourth-order valence-corrected chi connectivity index (χ4v) is 9.64. The van der Waals surface area contributed by atoms with Crippen molar-refractivity contribution in [3.05, 3.63) is 12.2 Å². The summed E-state index contributed by atoms with van der Waals surface area (Å²) in [4.78, 5) is 14.1. The van der Waals surface area contributed by atoms with Crippen molar-refractivity contribution in [2.45, 2.75) is 84.5 Å². The fraction of sp³-hybridized carbons (Fsp3) is 0.850. The molecular formula is C20H39NO3Si. The van der Waals surface area contributed by atoms with Gasteiger partial charge in [0.05, 0.1) is 0 Å². The molecular weight excluding hydrogens is 330 g/mol. The van der Waals surface area contributed by atoms with E-state index in [1.165, 1.54) is 0 Å². The van der Waals surface area contributed by atoms with Crippen LogP contribution in [0.3, 0.4) is 0 Å². The van der Waals surface area contributed by atoms with Crippen LogP contribution >= 0.6 is 0 Å². The maximum absolute atomic E-state index is 12.3. The second-order valence-electron chi connectivity index (χ2n) is 9.20. The third kappa shape index (κ3) is 5.85. The van der Waals surface area contributed by atoms with Gasteiger partial charge in [0.2, 0.25) is 0 Å². The Hall–Kier alpha value is -0.813. The summed E-state index contributed by atoms with van der Waals surface area (Å²) in [6.45, 7) is 21.5. The van der Waals surface area contributed by atoms with Crippen molar-refractivity contribution in [1.29, 1.82) is 0 Å². The highest BCUT2D eigenvalue weighted by Crippen LogP contribution is 2.42. The van der Waals surface area contributed by atoms with Crippen molar-refractivity contribution in [3.8, 4) is 0 Å². The number of carbonyl (C=O) groups is 1. The van der Waals surface area contributed by atoms with E-state index in [4.69, 9.17) is 9.16 Å². The molecule has 0 saturated heterocycles. The molecule has 4 nitrogen and oxygen atoms in total. The lowest BCUT2D eigenvalue weighted by molar-refractivity contribution is 0.0230. The lowest BCUT2D eigenvalue weighted by atomic mass is 10.1. The van der Waals surface area contributed by atoms with Crippen molar-refractivity contribution >= 4 is 14.4 Å². The first-order valence-corrected chi connectivity index (χ1v) is 11.8. The molecule has 0 N–H and O–H groups in total. The van der Waals surface area contributed by atoms with Gasteiger partial charge >= 0.3 is 6.09 Å². The summed E-state index contributed by atoms with van der Waals surface area (Å²) in [6.07, 6.45) is 4.02. The largest absolute Gasteiger partial charge is 0.444 e. The highest BCUT2D eigenvalue weighted by Gasteiger charge is 2.45. The minimum absolute atomic E-state index is 0.234. The van der Waals surface area contributed by atoms with E-state index in [1.54, 1.807) is 4.90 Å². The maximum atomic E-state index is 12.3. The van der Waals surface area contributed by atoms with Crippen molar-refractivity contribution in [3.63, 3.8) is 0 Å². The predicted octanol–water partition coefficient (Wildman–Crippen LogP) is 5.60. The number of hydrogen-bond acceptors (Lipinski definition) is 3. The molecule has 0 fully saturated rings. The highest BCUT2D eigenvalue weighted by molar-refractivity contribution is 6.77. The van der Waals surface area contributed by atoms with Gasteiger partial charge in [-0.15, -0.1) is 0 Å². The molecule has 0 spiro atoms. The highest BCUT2D eigenvalue weighted by atomic mass is 28.4. The van der Waals surface area contributed by atoms with Crippen LogP contribution in [0, 0.1) is 5.92 Å². The Bertz CT molecular complexity index is 444. The molecule has 0 bridgehead atoms. The zero-order chi connectivity index (χ0) is 19.4. The van der Waals surface area contributed by atoms with Gasteiger partial charge in [0, 0.05) is 25.6 Å². The molecule has 0 aromatic carbocycles. The van der Waals surface area contributed by atoms with Crippen LogP contribution in [0.25, 0.3) is 0 Å². The molecule has 1 aliphatic rings. The topological polar surface area (TPSA) is 38.8 Å². The average Bonchev–Trinajstić information content (AvgIpc) is 2.45. The number of ether oxygens (including phenoxy) is 1. The summed E-state index contributed by atoms with van der Waals surface area (Å²) in [7, 11) is -1.87. The molecule has 0 aliphatic carbocycles. The van der Waals surface area contributed by atoms with Gasteiger partial charge in [0.25, 0.3) is 0 Å². The summed E-state index contributed by atoms with van der Waals surface area (Å²) in [5, 5.41) is 0. The molecule has 1 rings (SSSR count). The van der Waals surface area contributed by atoms with Crippen LogP contribution in [-0.2, 0) is 9.16 Å². The Labute approximate surface area is 156 Å². The molecule has 0 aromatic heterocycles. The van der Waals surface area contributed by atoms with Gasteiger partial charge in [-0.25, -0.2) is 4.79 Å². The second kappa shape index (κ2) is 8.72. The van der Waals surface area contributed by atoms with E-state index < -0.39 is 13.9 Å². The lowest BCUT2D eigenvalue weighted by Gasteiger charge is -2.43. The van der Waals surface area contributed by atoms with Crippen molar-refractivity contribution in [2.75, 3.05) is 19.7 Å². The summed E-state index contributed by atoms with van der Waals surface area (Å²) >= 11 is 0. The van der Waals surface area contributed by atoms with E-state index in [0.29, 0.717) is 36.3 Å². The van der Waals surface area contributed by atoms with Gasteiger partial charge in [-0.3, -0.25) is 0 Å². The maximum Gasteiger partial charge on any atom is 0.410 e. The minimum atomic E-state index is -1.87. The molecule has 146 valence electrons. The summed E-state index contributed by atoms with van der Waals surface area (Å²) < 4.78 is 12.2. The zero-order valence-corrected chi connectivity index (χ0v) is 18.8. The van der Waals surface area contributed by atoms with Gasteiger partial charge in [0.1, 0.15) is 5.60 Å². The van der Waals surface area contributed by atoms with E-state index >= 15 is 0 Å². The molecule has 0 radical (unpaired) electrons. The molecule has 0 aromatic rings. The van der Waals surface area contributed by atoms with E-state index in [-0.39, 0.29) is 12.0 Å². The molecule has 5 heteroatoms. The van der Waals surface area contributed by atoms with E-state index in [2.05, 4.69) is 53.7 Å². The van der Waals surface area contributed by atoms with Crippen LogP contribution in [0.15, 0.2) is 12.2 Å². The molecule has 1 amide bonds. The van der Waals surface area contributed by atoms with Crippen LogP contribution in [0.5, 0.6) is 0 Å². The van der Waals surface area contributed by atoms with Crippen molar-refractivity contribution in [2.24, 2.45) is 5.92 Å². The van der Waals surface area contributed by atoms with E-state index in [0.717, 1.165) is 0 Å². The van der Waals surface area contributed by atoms with E-state index in [9.17, 15) is 4.79 Å². The molecule has 1 atom stereocenters. The molecule has 0 unspecified atom stereocenters. The summed E-state index contributed by atoms with van der Waals surface area (Å²) in [5.41, 5.74) is 1.25. The van der Waals surface area contributed by atoms with Gasteiger partial charge in [0.15, 0.2) is 8.32 Å². The number of carbonyl (C=O) groups excluding carboxylic acids is 1. The number of amides is 1. The number of nitrogens with zero attached hydrogens (tertiary/aromatic N) is 1. The Morgan fingerprint density at radius 3 is 2.08 bits per heavy atom. The third-order valence-electron chi connectivity index (χ3n) is 5.10. The summed E-state index contributed by atoms with van der Waals surface area (Å²) in [5.74, 6) is 0.240. The first-order chi connectivity index (χ1) is 11.4. The Morgan fingerprint density at radius 2 is 1.64 bits per heavy atom. The van der Waals surface area contributed by atoms with Crippen LogP contribution in [-0.4, -0.2) is 44.6 Å². The Kier molecular flexibility index (Phi) is 7.75. The Morgan fingerprint density at radius 1 is 1.12 bits per heavy atom. The van der Waals surface area contributed by atoms with Gasteiger partial charge in [-0.05, 0) is 37.4 Å². The van der Waals surface area contributed by atoms with Gasteiger partial charge < -0.3 is 14.1 Å². The Balaban J connectivity index is 2.75. The quantitative estimate of drug-likeness (QED) is 0.452. The minimum Gasteiger partial charge on any atom is -0.444 e. The van der Waals surface area contributed by atoms with Crippen LogP contribution in [0.2, 0.25) is 16.6 Å². The van der Waals surface area contributed by atoms with Crippen LogP contribution < -0.4 is 0 Å². The van der Waals surface area contributed by atoms with Crippen molar-refractivity contribution in [1.82, 2.24) is 4.90 Å². The van der Waals surface area contributed by atoms with Crippen molar-refractivity contribution < 1.29 is 14.0 Å². The van der Waals surface area contributed by atoms with Gasteiger partial charge in [-0.2, -0.15) is 0 Å². The molecule has 1 aliphatic heterocycles. The number of rotatable bonds is 6. The molecule has 0 saturated carbocycles. The molecule has 25 heavy (non-hydrogen) atoms. The number of hydrogen-bond donors (Lipinski definition) is 0. The summed E-state index contributed by atoms with van der Waals surface area (Å²) in [6, 6.07) is 0. The lowest BCUT2D eigenvalue weighted by Crippen LogP contribution is -2.49. The van der Waals surface area contributed by atoms with Crippen LogP contribution in [0.4, 0.5) is 4.79 Å². The molecule has 1 heterocycles. The normalized spacial score (nSPS) is 19.2. The van der Waals surface area contributed by atoms with E-state index in [1.807, 2.05) is 20.8 Å². The third-order valence-corrected chi connectivity index (χ3v) is 11.2. The fourth-order valence-electron chi connectivity index (χ4n) is 4.13. The zero-order valence-electron chi connectivity index (χ0n) is 17.8. The average molecular weight is 370 g/mol. The first-order valence-electron chi connectivity index (χ1n) is 9.68. The van der Waals surface area contributed by atoms with Crippen LogP contribution in [0.1, 0.15) is 62.3 Å². The SMILES string of the molecule is CC(C)[Si](OC[C@@H]1C=CCN(C(=O)OC(C)(C)C)C1)(C(C)C)C(C)C. The standard InChI is InChI=1S/C20H39NO3Si/c1-15(2)25(16(3)4,17(5)6)23-14-18-11-10-12-21(13-18)19(22)24-20(7,8)9/h10-11,15-18H,12-14H2,1-9H3/t18-/m1/s1. The second-order valence-corrected chi connectivity index (χ2v) is 14.7. The van der Waals surface area contributed by atoms with Gasteiger partial charge in [-0.1, -0.05) is 53.7 Å². The monoisotopic (exact) mass is 369 g/mol. The predicted molar refractivity (Wildman–Crippen MR) is 107 cm³/mol.